The lowest BCUT2D eigenvalue weighted by Crippen LogP contribution is -2.03. The van der Waals surface area contributed by atoms with E-state index in [1.165, 1.54) is 0 Å². The first-order chi connectivity index (χ1) is 6.25. The largest absolute Gasteiger partial charge is 0.398 e. The minimum atomic E-state index is 0.868. The average Bonchev–Trinajstić information content (AvgIpc) is 2.13. The van der Waals surface area contributed by atoms with Gasteiger partial charge in [0.1, 0.15) is 0 Å². The molecule has 1 rings (SSSR count). The molecule has 0 heterocycles. The average molecular weight is 176 g/mol. The summed E-state index contributed by atoms with van der Waals surface area (Å²) < 4.78 is 0. The normalized spacial score (nSPS) is 10.9. The molecule has 0 spiro atoms. The van der Waals surface area contributed by atoms with E-state index in [1.54, 1.807) is 0 Å². The lowest BCUT2D eigenvalue weighted by molar-refractivity contribution is 0.922. The highest BCUT2D eigenvalue weighted by molar-refractivity contribution is 5.67. The first-order valence-electron chi connectivity index (χ1n) is 4.42. The highest BCUT2D eigenvalue weighted by Gasteiger charge is 1.96. The third-order valence-electron chi connectivity index (χ3n) is 1.98. The Morgan fingerprint density at radius 3 is 2.92 bits per heavy atom. The van der Waals surface area contributed by atoms with Gasteiger partial charge in [-0.15, -0.1) is 0 Å². The van der Waals surface area contributed by atoms with E-state index in [4.69, 9.17) is 5.73 Å². The monoisotopic (exact) mass is 176 g/mol. The summed E-state index contributed by atoms with van der Waals surface area (Å²) in [6, 6.07) is 6.06. The Labute approximate surface area is 79.5 Å². The summed E-state index contributed by atoms with van der Waals surface area (Å²) in [6.07, 6.45) is 4.10. The van der Waals surface area contributed by atoms with Crippen LogP contribution < -0.4 is 11.1 Å². The number of likely N-dealkylation sites (N-methyl/N-ethyl adjacent to an activating group) is 1. The van der Waals surface area contributed by atoms with Crippen LogP contribution in [0.15, 0.2) is 24.3 Å². The fraction of sp³-hybridized carbons (Fsp3) is 0.273. The minimum absolute atomic E-state index is 0.868. The zero-order chi connectivity index (χ0) is 9.68. The standard InChI is InChI=1S/C11H16N2/c1-9-5-3-6-10(11(9)12)7-4-8-13-2/h3-7,13H,8,12H2,1-2H3. The molecular formula is C11H16N2. The van der Waals surface area contributed by atoms with Gasteiger partial charge in [-0.1, -0.05) is 30.4 Å². The number of anilines is 1. The first-order valence-corrected chi connectivity index (χ1v) is 4.42. The maximum Gasteiger partial charge on any atom is 0.0417 e. The van der Waals surface area contributed by atoms with E-state index in [0.29, 0.717) is 0 Å². The number of rotatable bonds is 3. The third kappa shape index (κ3) is 2.60. The molecule has 0 saturated heterocycles. The number of benzene rings is 1. The number of hydrogen-bond donors (Lipinski definition) is 2. The molecule has 0 unspecified atom stereocenters. The topological polar surface area (TPSA) is 38.0 Å². The fourth-order valence-corrected chi connectivity index (χ4v) is 1.15. The number of hydrogen-bond acceptors (Lipinski definition) is 2. The molecule has 0 bridgehead atoms. The Balaban J connectivity index is 2.83. The van der Waals surface area contributed by atoms with Crippen molar-refractivity contribution in [2.45, 2.75) is 6.92 Å². The van der Waals surface area contributed by atoms with Crippen molar-refractivity contribution in [3.8, 4) is 0 Å². The van der Waals surface area contributed by atoms with E-state index in [2.05, 4.69) is 11.4 Å². The molecule has 0 amide bonds. The van der Waals surface area contributed by atoms with Crippen molar-refractivity contribution in [1.82, 2.24) is 5.32 Å². The Bertz CT molecular complexity index is 303. The first kappa shape index (κ1) is 9.81. The van der Waals surface area contributed by atoms with Gasteiger partial charge >= 0.3 is 0 Å². The van der Waals surface area contributed by atoms with Crippen LogP contribution in [0.25, 0.3) is 6.08 Å². The summed E-state index contributed by atoms with van der Waals surface area (Å²) in [5.41, 5.74) is 8.99. The van der Waals surface area contributed by atoms with Gasteiger partial charge in [0, 0.05) is 12.2 Å². The highest BCUT2D eigenvalue weighted by Crippen LogP contribution is 2.17. The second-order valence-corrected chi connectivity index (χ2v) is 3.04. The molecule has 13 heavy (non-hydrogen) atoms. The molecule has 3 N–H and O–H groups in total. The zero-order valence-corrected chi connectivity index (χ0v) is 8.17. The molecule has 0 aliphatic rings. The SMILES string of the molecule is CNCC=Cc1cccc(C)c1N. The van der Waals surface area contributed by atoms with Gasteiger partial charge in [0.2, 0.25) is 0 Å². The quantitative estimate of drug-likeness (QED) is 0.689. The van der Waals surface area contributed by atoms with Crippen LogP contribution in [-0.4, -0.2) is 13.6 Å². The predicted molar refractivity (Wildman–Crippen MR) is 58.6 cm³/mol. The number of nitrogens with one attached hydrogen (secondary N) is 1. The molecule has 0 fully saturated rings. The van der Waals surface area contributed by atoms with Crippen LogP contribution in [0.2, 0.25) is 0 Å². The van der Waals surface area contributed by atoms with Crippen molar-refractivity contribution in [1.29, 1.82) is 0 Å². The number of nitrogens with two attached hydrogens (primary N) is 1. The number of para-hydroxylation sites is 1. The zero-order valence-electron chi connectivity index (χ0n) is 8.17. The lowest BCUT2D eigenvalue weighted by Gasteiger charge is -2.03. The molecule has 0 aliphatic heterocycles. The van der Waals surface area contributed by atoms with Crippen LogP contribution in [0, 0.1) is 6.92 Å². The Morgan fingerprint density at radius 2 is 2.23 bits per heavy atom. The second-order valence-electron chi connectivity index (χ2n) is 3.04. The molecule has 2 nitrogen and oxygen atoms in total. The molecule has 1 aromatic rings. The number of nitrogen functional groups attached to an aromatic ring is 1. The molecule has 70 valence electrons. The van der Waals surface area contributed by atoms with Gasteiger partial charge in [0.05, 0.1) is 0 Å². The van der Waals surface area contributed by atoms with E-state index in [0.717, 1.165) is 23.4 Å². The maximum absolute atomic E-state index is 5.89. The van der Waals surface area contributed by atoms with E-state index in [1.807, 2.05) is 38.2 Å². The van der Waals surface area contributed by atoms with Crippen LogP contribution in [0.4, 0.5) is 5.69 Å². The van der Waals surface area contributed by atoms with Crippen molar-refractivity contribution in [2.24, 2.45) is 0 Å². The summed E-state index contributed by atoms with van der Waals surface area (Å²) in [5, 5.41) is 3.04. The van der Waals surface area contributed by atoms with Gasteiger partial charge in [-0.25, -0.2) is 0 Å². The van der Waals surface area contributed by atoms with Crippen LogP contribution in [-0.2, 0) is 0 Å². The van der Waals surface area contributed by atoms with E-state index in [-0.39, 0.29) is 0 Å². The Morgan fingerprint density at radius 1 is 1.46 bits per heavy atom. The summed E-state index contributed by atoms with van der Waals surface area (Å²) in [4.78, 5) is 0. The summed E-state index contributed by atoms with van der Waals surface area (Å²) >= 11 is 0. The van der Waals surface area contributed by atoms with Gasteiger partial charge in [-0.05, 0) is 25.1 Å². The van der Waals surface area contributed by atoms with Gasteiger partial charge in [0.15, 0.2) is 0 Å². The molecule has 0 atom stereocenters. The molecule has 0 saturated carbocycles. The maximum atomic E-state index is 5.89. The van der Waals surface area contributed by atoms with E-state index < -0.39 is 0 Å². The lowest BCUT2D eigenvalue weighted by atomic mass is 10.1. The Kier molecular flexibility index (Phi) is 3.53. The summed E-state index contributed by atoms with van der Waals surface area (Å²) in [6.45, 7) is 2.89. The highest BCUT2D eigenvalue weighted by atomic mass is 14.8. The molecule has 0 aromatic heterocycles. The summed E-state index contributed by atoms with van der Waals surface area (Å²) in [7, 11) is 1.92. The van der Waals surface area contributed by atoms with E-state index >= 15 is 0 Å². The van der Waals surface area contributed by atoms with Crippen LogP contribution in [0.3, 0.4) is 0 Å². The van der Waals surface area contributed by atoms with Gasteiger partial charge in [-0.2, -0.15) is 0 Å². The van der Waals surface area contributed by atoms with E-state index in [9.17, 15) is 0 Å². The fourth-order valence-electron chi connectivity index (χ4n) is 1.15. The third-order valence-corrected chi connectivity index (χ3v) is 1.98. The predicted octanol–water partition coefficient (Wildman–Crippen LogP) is 1.81. The minimum Gasteiger partial charge on any atom is -0.398 e. The van der Waals surface area contributed by atoms with Crippen LogP contribution in [0.1, 0.15) is 11.1 Å². The molecule has 0 aliphatic carbocycles. The van der Waals surface area contributed by atoms with Crippen LogP contribution in [0.5, 0.6) is 0 Å². The van der Waals surface area contributed by atoms with Gasteiger partial charge in [0.25, 0.3) is 0 Å². The summed E-state index contributed by atoms with van der Waals surface area (Å²) in [5.74, 6) is 0. The number of aryl methyl sites for hydroxylation is 1. The van der Waals surface area contributed by atoms with Crippen molar-refractivity contribution in [3.05, 3.63) is 35.4 Å². The smallest absolute Gasteiger partial charge is 0.0417 e. The van der Waals surface area contributed by atoms with Crippen molar-refractivity contribution in [2.75, 3.05) is 19.3 Å². The molecular weight excluding hydrogens is 160 g/mol. The second kappa shape index (κ2) is 4.67. The van der Waals surface area contributed by atoms with Crippen molar-refractivity contribution >= 4 is 11.8 Å². The molecule has 0 radical (unpaired) electrons. The Hall–Kier alpha value is -1.28. The van der Waals surface area contributed by atoms with Crippen LogP contribution >= 0.6 is 0 Å². The van der Waals surface area contributed by atoms with Gasteiger partial charge < -0.3 is 11.1 Å². The van der Waals surface area contributed by atoms with Crippen molar-refractivity contribution in [3.63, 3.8) is 0 Å². The molecule has 1 aromatic carbocycles. The van der Waals surface area contributed by atoms with Crippen molar-refractivity contribution < 1.29 is 0 Å². The molecule has 2 heteroatoms. The van der Waals surface area contributed by atoms with Gasteiger partial charge in [-0.3, -0.25) is 0 Å².